The number of methoxy groups -OCH3 is 3. The maximum absolute atomic E-state index is 12.6. The normalized spacial score (nSPS) is 10.7. The largest absolute Gasteiger partial charge is 0.496 e. The van der Waals surface area contributed by atoms with Crippen molar-refractivity contribution < 1.29 is 19.0 Å². The lowest BCUT2D eigenvalue weighted by Gasteiger charge is -2.13. The van der Waals surface area contributed by atoms with Crippen molar-refractivity contribution in [3.63, 3.8) is 0 Å². The van der Waals surface area contributed by atoms with Crippen LogP contribution in [-0.4, -0.2) is 27.2 Å². The molecule has 0 aliphatic heterocycles. The molecule has 0 aliphatic carbocycles. The lowest BCUT2D eigenvalue weighted by molar-refractivity contribution is -0.112. The predicted molar refractivity (Wildman–Crippen MR) is 104 cm³/mol. The highest BCUT2D eigenvalue weighted by Gasteiger charge is 2.16. The number of aryl methyl sites for hydroxylation is 2. The van der Waals surface area contributed by atoms with Crippen molar-refractivity contribution in [2.75, 3.05) is 26.6 Å². The molecular weight excluding hydrogens is 344 g/mol. The van der Waals surface area contributed by atoms with E-state index < -0.39 is 5.91 Å². The molecule has 6 nitrogen and oxygen atoms in total. The summed E-state index contributed by atoms with van der Waals surface area (Å²) in [7, 11) is 4.53. The predicted octanol–water partition coefficient (Wildman–Crippen LogP) is 3.87. The Morgan fingerprint density at radius 1 is 1.00 bits per heavy atom. The van der Waals surface area contributed by atoms with Gasteiger partial charge in [0.05, 0.1) is 21.3 Å². The van der Waals surface area contributed by atoms with E-state index >= 15 is 0 Å². The first-order chi connectivity index (χ1) is 12.9. The van der Waals surface area contributed by atoms with Crippen LogP contribution >= 0.6 is 0 Å². The average molecular weight is 366 g/mol. The summed E-state index contributed by atoms with van der Waals surface area (Å²) < 4.78 is 15.9. The second kappa shape index (κ2) is 8.77. The first-order valence-electron chi connectivity index (χ1n) is 8.24. The van der Waals surface area contributed by atoms with Crippen LogP contribution in [0.25, 0.3) is 6.08 Å². The summed E-state index contributed by atoms with van der Waals surface area (Å²) in [6.07, 6.45) is 1.46. The van der Waals surface area contributed by atoms with Gasteiger partial charge in [-0.15, -0.1) is 0 Å². The van der Waals surface area contributed by atoms with E-state index in [1.54, 1.807) is 12.1 Å². The van der Waals surface area contributed by atoms with Crippen LogP contribution in [0, 0.1) is 25.2 Å². The minimum Gasteiger partial charge on any atom is -0.496 e. The summed E-state index contributed by atoms with van der Waals surface area (Å²) in [6, 6.07) is 11.0. The molecule has 0 bridgehead atoms. The van der Waals surface area contributed by atoms with Gasteiger partial charge in [-0.05, 0) is 37.1 Å². The van der Waals surface area contributed by atoms with Gasteiger partial charge < -0.3 is 19.5 Å². The number of amides is 1. The topological polar surface area (TPSA) is 80.6 Å². The van der Waals surface area contributed by atoms with Crippen molar-refractivity contribution in [2.24, 2.45) is 0 Å². The van der Waals surface area contributed by atoms with Crippen LogP contribution in [0.3, 0.4) is 0 Å². The lowest BCUT2D eigenvalue weighted by atomic mass is 10.1. The second-order valence-electron chi connectivity index (χ2n) is 5.84. The Bertz CT molecular complexity index is 906. The standard InChI is InChI=1S/C21H22N2O4/c1-13-7-6-8-14(2)20(13)23-21(24)16(12-22)9-15-10-18(26-4)19(27-5)11-17(15)25-3/h6-11H,1-5H3,(H,23,24)/b16-9+. The number of anilines is 1. The van der Waals surface area contributed by atoms with Gasteiger partial charge in [-0.25, -0.2) is 0 Å². The molecule has 0 saturated heterocycles. The first kappa shape index (κ1) is 19.9. The van der Waals surface area contributed by atoms with Crippen LogP contribution in [0.1, 0.15) is 16.7 Å². The number of rotatable bonds is 6. The SMILES string of the molecule is COc1cc(OC)c(OC)cc1/C=C(\C#N)C(=O)Nc1c(C)cccc1C. The number of para-hydroxylation sites is 1. The third-order valence-corrected chi connectivity index (χ3v) is 4.12. The van der Waals surface area contributed by atoms with Gasteiger partial charge in [-0.2, -0.15) is 5.26 Å². The first-order valence-corrected chi connectivity index (χ1v) is 8.24. The Morgan fingerprint density at radius 2 is 1.56 bits per heavy atom. The second-order valence-corrected chi connectivity index (χ2v) is 5.84. The van der Waals surface area contributed by atoms with Gasteiger partial charge in [0.2, 0.25) is 0 Å². The number of ether oxygens (including phenoxy) is 3. The van der Waals surface area contributed by atoms with E-state index in [9.17, 15) is 10.1 Å². The maximum Gasteiger partial charge on any atom is 0.266 e. The van der Waals surface area contributed by atoms with Gasteiger partial charge in [-0.3, -0.25) is 4.79 Å². The average Bonchev–Trinajstić information content (AvgIpc) is 2.68. The molecule has 0 aliphatic rings. The Labute approximate surface area is 159 Å². The summed E-state index contributed by atoms with van der Waals surface area (Å²) in [5, 5.41) is 12.3. The highest BCUT2D eigenvalue weighted by molar-refractivity contribution is 6.10. The molecule has 27 heavy (non-hydrogen) atoms. The zero-order valence-electron chi connectivity index (χ0n) is 16.0. The number of nitrogens with zero attached hydrogens (tertiary/aromatic N) is 1. The van der Waals surface area contributed by atoms with Crippen molar-refractivity contribution in [2.45, 2.75) is 13.8 Å². The van der Waals surface area contributed by atoms with Crippen molar-refractivity contribution in [1.82, 2.24) is 0 Å². The minimum absolute atomic E-state index is 0.0526. The highest BCUT2D eigenvalue weighted by atomic mass is 16.5. The third-order valence-electron chi connectivity index (χ3n) is 4.12. The lowest BCUT2D eigenvalue weighted by Crippen LogP contribution is -2.15. The van der Waals surface area contributed by atoms with Gasteiger partial charge in [-0.1, -0.05) is 18.2 Å². The van der Waals surface area contributed by atoms with Crippen molar-refractivity contribution >= 4 is 17.7 Å². The van der Waals surface area contributed by atoms with Crippen molar-refractivity contribution in [3.8, 4) is 23.3 Å². The fraction of sp³-hybridized carbons (Fsp3) is 0.238. The molecule has 0 spiro atoms. The third kappa shape index (κ3) is 4.39. The van der Waals surface area contributed by atoms with Crippen LogP contribution in [-0.2, 0) is 4.79 Å². The molecule has 0 unspecified atom stereocenters. The van der Waals surface area contributed by atoms with E-state index in [1.165, 1.54) is 27.4 Å². The molecular formula is C21H22N2O4. The number of hydrogen-bond acceptors (Lipinski definition) is 5. The van der Waals surface area contributed by atoms with E-state index in [0.717, 1.165) is 11.1 Å². The van der Waals surface area contributed by atoms with E-state index in [-0.39, 0.29) is 5.57 Å². The molecule has 0 heterocycles. The van der Waals surface area contributed by atoms with Crippen LogP contribution in [0.15, 0.2) is 35.9 Å². The van der Waals surface area contributed by atoms with E-state index in [4.69, 9.17) is 14.2 Å². The Balaban J connectivity index is 2.43. The number of nitrogens with one attached hydrogen (secondary N) is 1. The number of carbonyl (C=O) groups is 1. The van der Waals surface area contributed by atoms with E-state index in [2.05, 4.69) is 5.32 Å². The summed E-state index contributed by atoms with van der Waals surface area (Å²) in [5.74, 6) is 0.925. The summed E-state index contributed by atoms with van der Waals surface area (Å²) in [5.41, 5.74) is 3.02. The monoisotopic (exact) mass is 366 g/mol. The molecule has 6 heteroatoms. The molecule has 0 atom stereocenters. The number of benzene rings is 2. The molecule has 2 aromatic rings. The molecule has 1 N–H and O–H groups in total. The molecule has 0 aromatic heterocycles. The number of carbonyl (C=O) groups excluding carboxylic acids is 1. The number of nitriles is 1. The quantitative estimate of drug-likeness (QED) is 0.620. The molecule has 2 rings (SSSR count). The summed E-state index contributed by atoms with van der Waals surface area (Å²) in [4.78, 5) is 12.6. The van der Waals surface area contributed by atoms with Crippen LogP contribution < -0.4 is 19.5 Å². The Kier molecular flexibility index (Phi) is 6.45. The highest BCUT2D eigenvalue weighted by Crippen LogP contribution is 2.35. The van der Waals surface area contributed by atoms with Crippen molar-refractivity contribution in [3.05, 3.63) is 52.6 Å². The van der Waals surface area contributed by atoms with Gasteiger partial charge in [0.1, 0.15) is 17.4 Å². The molecule has 140 valence electrons. The number of hydrogen-bond donors (Lipinski definition) is 1. The molecule has 0 radical (unpaired) electrons. The van der Waals surface area contributed by atoms with Gasteiger partial charge in [0, 0.05) is 17.3 Å². The fourth-order valence-corrected chi connectivity index (χ4v) is 2.66. The van der Waals surface area contributed by atoms with Gasteiger partial charge in [0.25, 0.3) is 5.91 Å². The minimum atomic E-state index is -0.494. The van der Waals surface area contributed by atoms with Crippen LogP contribution in [0.4, 0.5) is 5.69 Å². The zero-order chi connectivity index (χ0) is 20.0. The smallest absolute Gasteiger partial charge is 0.266 e. The fourth-order valence-electron chi connectivity index (χ4n) is 2.66. The zero-order valence-corrected chi connectivity index (χ0v) is 16.0. The van der Waals surface area contributed by atoms with Gasteiger partial charge >= 0.3 is 0 Å². The van der Waals surface area contributed by atoms with E-state index in [0.29, 0.717) is 28.5 Å². The van der Waals surface area contributed by atoms with Crippen LogP contribution in [0.2, 0.25) is 0 Å². The summed E-state index contributed by atoms with van der Waals surface area (Å²) >= 11 is 0. The molecule has 2 aromatic carbocycles. The maximum atomic E-state index is 12.6. The molecule has 0 saturated carbocycles. The Morgan fingerprint density at radius 3 is 2.07 bits per heavy atom. The molecule has 1 amide bonds. The van der Waals surface area contributed by atoms with Crippen LogP contribution in [0.5, 0.6) is 17.2 Å². The van der Waals surface area contributed by atoms with Crippen molar-refractivity contribution in [1.29, 1.82) is 5.26 Å². The Hall–Kier alpha value is -3.46. The van der Waals surface area contributed by atoms with E-state index in [1.807, 2.05) is 38.1 Å². The van der Waals surface area contributed by atoms with Gasteiger partial charge in [0.15, 0.2) is 11.5 Å². The molecule has 0 fully saturated rings. The summed E-state index contributed by atoms with van der Waals surface area (Å²) in [6.45, 7) is 3.80.